The summed E-state index contributed by atoms with van der Waals surface area (Å²) in [5.41, 5.74) is 1.22. The molecule has 0 bridgehead atoms. The Labute approximate surface area is 88.1 Å². The Morgan fingerprint density at radius 1 is 1.14 bits per heavy atom. The highest BCUT2D eigenvalue weighted by Crippen LogP contribution is 2.16. The van der Waals surface area contributed by atoms with Gasteiger partial charge in [0.05, 0.1) is 6.61 Å². The quantitative estimate of drug-likeness (QED) is 0.653. The fourth-order valence-electron chi connectivity index (χ4n) is 1.04. The lowest BCUT2D eigenvalue weighted by atomic mass is 10.2. The SMILES string of the molecule is CC.CCCCOc1ccccc1C. The average Bonchev–Trinajstić information content (AvgIpc) is 2.24. The van der Waals surface area contributed by atoms with Gasteiger partial charge in [-0.2, -0.15) is 0 Å². The van der Waals surface area contributed by atoms with Crippen LogP contribution in [0.2, 0.25) is 0 Å². The van der Waals surface area contributed by atoms with Crippen molar-refractivity contribution in [1.29, 1.82) is 0 Å². The van der Waals surface area contributed by atoms with Gasteiger partial charge in [0.25, 0.3) is 0 Å². The van der Waals surface area contributed by atoms with Crippen molar-refractivity contribution in [3.8, 4) is 5.75 Å². The fraction of sp³-hybridized carbons (Fsp3) is 0.538. The summed E-state index contributed by atoms with van der Waals surface area (Å²) in [6, 6.07) is 8.13. The molecule has 1 aromatic rings. The molecule has 0 fully saturated rings. The van der Waals surface area contributed by atoms with Gasteiger partial charge < -0.3 is 4.74 Å². The molecule has 0 aromatic heterocycles. The zero-order valence-corrected chi connectivity index (χ0v) is 9.84. The van der Waals surface area contributed by atoms with E-state index in [1.165, 1.54) is 12.0 Å². The molecule has 0 N–H and O–H groups in total. The van der Waals surface area contributed by atoms with E-state index in [1.807, 2.05) is 32.0 Å². The van der Waals surface area contributed by atoms with Crippen molar-refractivity contribution < 1.29 is 4.74 Å². The third-order valence-corrected chi connectivity index (χ3v) is 1.85. The summed E-state index contributed by atoms with van der Waals surface area (Å²) in [7, 11) is 0. The van der Waals surface area contributed by atoms with Crippen molar-refractivity contribution >= 4 is 0 Å². The molecule has 0 saturated heterocycles. The van der Waals surface area contributed by atoms with Crippen LogP contribution in [0.15, 0.2) is 24.3 Å². The molecule has 0 saturated carbocycles. The van der Waals surface area contributed by atoms with Gasteiger partial charge in [0.15, 0.2) is 0 Å². The third-order valence-electron chi connectivity index (χ3n) is 1.85. The molecule has 1 heteroatoms. The maximum absolute atomic E-state index is 5.58. The molecule has 0 amide bonds. The number of hydrogen-bond acceptors (Lipinski definition) is 1. The summed E-state index contributed by atoms with van der Waals surface area (Å²) in [6.45, 7) is 9.07. The maximum Gasteiger partial charge on any atom is 0.122 e. The Balaban J connectivity index is 0.000000791. The first-order valence-electron chi connectivity index (χ1n) is 5.53. The van der Waals surface area contributed by atoms with E-state index in [0.29, 0.717) is 0 Å². The van der Waals surface area contributed by atoms with Crippen LogP contribution < -0.4 is 4.74 Å². The molecule has 1 rings (SSSR count). The first-order chi connectivity index (χ1) is 6.84. The van der Waals surface area contributed by atoms with Crippen LogP contribution in [0.5, 0.6) is 5.75 Å². The highest BCUT2D eigenvalue weighted by molar-refractivity contribution is 5.31. The summed E-state index contributed by atoms with van der Waals surface area (Å²) < 4.78 is 5.58. The number of para-hydroxylation sites is 1. The number of rotatable bonds is 4. The second-order valence-electron chi connectivity index (χ2n) is 2.97. The van der Waals surface area contributed by atoms with Gasteiger partial charge in [-0.3, -0.25) is 0 Å². The van der Waals surface area contributed by atoms with Crippen LogP contribution in [0.1, 0.15) is 39.2 Å². The molecule has 0 heterocycles. The maximum atomic E-state index is 5.58. The van der Waals surface area contributed by atoms with Crippen molar-refractivity contribution in [2.45, 2.75) is 40.5 Å². The van der Waals surface area contributed by atoms with Crippen molar-refractivity contribution in [1.82, 2.24) is 0 Å². The topological polar surface area (TPSA) is 9.23 Å². The van der Waals surface area contributed by atoms with E-state index < -0.39 is 0 Å². The number of aryl methyl sites for hydroxylation is 1. The lowest BCUT2D eigenvalue weighted by molar-refractivity contribution is 0.307. The highest BCUT2D eigenvalue weighted by atomic mass is 16.5. The number of hydrogen-bond donors (Lipinski definition) is 0. The summed E-state index contributed by atoms with van der Waals surface area (Å²) in [5.74, 6) is 1.02. The van der Waals surface area contributed by atoms with Crippen LogP contribution in [-0.4, -0.2) is 6.61 Å². The van der Waals surface area contributed by atoms with Crippen LogP contribution in [0.25, 0.3) is 0 Å². The fourth-order valence-corrected chi connectivity index (χ4v) is 1.04. The van der Waals surface area contributed by atoms with E-state index >= 15 is 0 Å². The minimum absolute atomic E-state index is 0.835. The minimum atomic E-state index is 0.835. The minimum Gasteiger partial charge on any atom is -0.493 e. The molecule has 0 aliphatic carbocycles. The molecule has 0 aliphatic heterocycles. The van der Waals surface area contributed by atoms with Crippen molar-refractivity contribution in [2.75, 3.05) is 6.61 Å². The van der Waals surface area contributed by atoms with Gasteiger partial charge in [-0.05, 0) is 25.0 Å². The predicted molar refractivity (Wildman–Crippen MR) is 62.9 cm³/mol. The van der Waals surface area contributed by atoms with E-state index in [1.54, 1.807) is 0 Å². The Morgan fingerprint density at radius 3 is 2.36 bits per heavy atom. The molecule has 14 heavy (non-hydrogen) atoms. The number of benzene rings is 1. The summed E-state index contributed by atoms with van der Waals surface area (Å²) >= 11 is 0. The molecule has 0 radical (unpaired) electrons. The lowest BCUT2D eigenvalue weighted by Crippen LogP contribution is -1.97. The zero-order chi connectivity index (χ0) is 10.8. The van der Waals surface area contributed by atoms with Gasteiger partial charge in [0.2, 0.25) is 0 Å². The van der Waals surface area contributed by atoms with Crippen LogP contribution in [-0.2, 0) is 0 Å². The van der Waals surface area contributed by atoms with Crippen molar-refractivity contribution in [2.24, 2.45) is 0 Å². The molecular formula is C13H22O. The van der Waals surface area contributed by atoms with Gasteiger partial charge in [0, 0.05) is 0 Å². The monoisotopic (exact) mass is 194 g/mol. The molecule has 0 atom stereocenters. The third kappa shape index (κ3) is 4.90. The summed E-state index contributed by atoms with van der Waals surface area (Å²) in [4.78, 5) is 0. The zero-order valence-electron chi connectivity index (χ0n) is 9.84. The van der Waals surface area contributed by atoms with Crippen LogP contribution in [0.4, 0.5) is 0 Å². The first kappa shape index (κ1) is 13.0. The largest absolute Gasteiger partial charge is 0.493 e. The van der Waals surface area contributed by atoms with E-state index in [4.69, 9.17) is 4.74 Å². The van der Waals surface area contributed by atoms with Gasteiger partial charge >= 0.3 is 0 Å². The van der Waals surface area contributed by atoms with Gasteiger partial charge in [-0.15, -0.1) is 0 Å². The summed E-state index contributed by atoms with van der Waals surface area (Å²) in [5, 5.41) is 0. The van der Waals surface area contributed by atoms with E-state index in [0.717, 1.165) is 18.8 Å². The first-order valence-corrected chi connectivity index (χ1v) is 5.53. The van der Waals surface area contributed by atoms with Crippen LogP contribution in [0, 0.1) is 6.92 Å². The normalized spacial score (nSPS) is 8.86. The molecule has 0 unspecified atom stereocenters. The Hall–Kier alpha value is -0.980. The molecule has 1 nitrogen and oxygen atoms in total. The predicted octanol–water partition coefficient (Wildman–Crippen LogP) is 4.20. The highest BCUT2D eigenvalue weighted by Gasteiger charge is 1.95. The number of unbranched alkanes of at least 4 members (excludes halogenated alkanes) is 1. The van der Waals surface area contributed by atoms with E-state index in [-0.39, 0.29) is 0 Å². The van der Waals surface area contributed by atoms with Gasteiger partial charge in [-0.25, -0.2) is 0 Å². The second kappa shape index (κ2) is 8.61. The van der Waals surface area contributed by atoms with Crippen molar-refractivity contribution in [3.63, 3.8) is 0 Å². The second-order valence-corrected chi connectivity index (χ2v) is 2.97. The number of ether oxygens (including phenoxy) is 1. The van der Waals surface area contributed by atoms with Gasteiger partial charge in [0.1, 0.15) is 5.75 Å². The molecule has 0 spiro atoms. The van der Waals surface area contributed by atoms with Crippen LogP contribution >= 0.6 is 0 Å². The van der Waals surface area contributed by atoms with Crippen LogP contribution in [0.3, 0.4) is 0 Å². The van der Waals surface area contributed by atoms with E-state index in [9.17, 15) is 0 Å². The average molecular weight is 194 g/mol. The summed E-state index contributed by atoms with van der Waals surface area (Å²) in [6.07, 6.45) is 2.32. The Morgan fingerprint density at radius 2 is 1.79 bits per heavy atom. The standard InChI is InChI=1S/C11H16O.C2H6/c1-3-4-9-12-11-8-6-5-7-10(11)2;1-2/h5-8H,3-4,9H2,1-2H3;1-2H3. The molecular weight excluding hydrogens is 172 g/mol. The molecule has 80 valence electrons. The smallest absolute Gasteiger partial charge is 0.122 e. The Bertz CT molecular complexity index is 230. The molecule has 1 aromatic carbocycles. The van der Waals surface area contributed by atoms with Crippen molar-refractivity contribution in [3.05, 3.63) is 29.8 Å². The van der Waals surface area contributed by atoms with Gasteiger partial charge in [-0.1, -0.05) is 45.4 Å². The lowest BCUT2D eigenvalue weighted by Gasteiger charge is -2.07. The Kier molecular flexibility index (Phi) is 8.01. The molecule has 0 aliphatic rings. The van der Waals surface area contributed by atoms with E-state index in [2.05, 4.69) is 19.9 Å².